The van der Waals surface area contributed by atoms with Crippen molar-refractivity contribution in [1.29, 1.82) is 0 Å². The van der Waals surface area contributed by atoms with E-state index in [1.807, 2.05) is 6.92 Å². The fraction of sp³-hybridized carbons (Fsp3) is 0.529. The molecule has 1 rings (SSSR count). The van der Waals surface area contributed by atoms with E-state index in [0.29, 0.717) is 25.1 Å². The van der Waals surface area contributed by atoms with Crippen LogP contribution in [0.4, 0.5) is 5.69 Å². The van der Waals surface area contributed by atoms with E-state index in [1.54, 1.807) is 12.1 Å². The van der Waals surface area contributed by atoms with Crippen LogP contribution in [0.1, 0.15) is 51.9 Å². The van der Waals surface area contributed by atoms with Crippen LogP contribution in [0.5, 0.6) is 5.75 Å². The van der Waals surface area contributed by atoms with Gasteiger partial charge in [-0.05, 0) is 43.5 Å². The monoisotopic (exact) mass is 307 g/mol. The number of anilines is 1. The SMILES string of the molecule is CCCOC(=O)CCCCCCC(=O)Nc1ccc(O)cc1. The van der Waals surface area contributed by atoms with E-state index in [9.17, 15) is 9.59 Å². The Labute approximate surface area is 131 Å². The van der Waals surface area contributed by atoms with Crippen molar-refractivity contribution in [2.24, 2.45) is 0 Å². The maximum Gasteiger partial charge on any atom is 0.305 e. The lowest BCUT2D eigenvalue weighted by molar-refractivity contribution is -0.143. The van der Waals surface area contributed by atoms with Gasteiger partial charge in [0, 0.05) is 18.5 Å². The zero-order valence-electron chi connectivity index (χ0n) is 13.1. The molecule has 0 radical (unpaired) electrons. The molecule has 5 nitrogen and oxygen atoms in total. The number of phenolic OH excluding ortho intramolecular Hbond substituents is 1. The van der Waals surface area contributed by atoms with Gasteiger partial charge >= 0.3 is 5.97 Å². The number of benzene rings is 1. The molecule has 0 spiro atoms. The molecule has 0 saturated carbocycles. The summed E-state index contributed by atoms with van der Waals surface area (Å²) in [4.78, 5) is 23.0. The van der Waals surface area contributed by atoms with Gasteiger partial charge < -0.3 is 15.2 Å². The predicted molar refractivity (Wildman–Crippen MR) is 85.7 cm³/mol. The van der Waals surface area contributed by atoms with E-state index in [4.69, 9.17) is 9.84 Å². The molecule has 0 aromatic heterocycles. The lowest BCUT2D eigenvalue weighted by Crippen LogP contribution is -2.10. The topological polar surface area (TPSA) is 75.6 Å². The highest BCUT2D eigenvalue weighted by molar-refractivity contribution is 5.90. The van der Waals surface area contributed by atoms with E-state index >= 15 is 0 Å². The number of hydrogen-bond donors (Lipinski definition) is 2. The van der Waals surface area contributed by atoms with Gasteiger partial charge in [0.1, 0.15) is 5.75 Å². The number of esters is 1. The second-order valence-electron chi connectivity index (χ2n) is 5.23. The zero-order valence-corrected chi connectivity index (χ0v) is 13.1. The Bertz CT molecular complexity index is 456. The Morgan fingerprint density at radius 3 is 2.32 bits per heavy atom. The normalized spacial score (nSPS) is 10.2. The maximum absolute atomic E-state index is 11.7. The molecule has 1 amide bonds. The van der Waals surface area contributed by atoms with E-state index in [-0.39, 0.29) is 17.6 Å². The third-order valence-electron chi connectivity index (χ3n) is 3.15. The summed E-state index contributed by atoms with van der Waals surface area (Å²) in [6.45, 7) is 2.47. The molecule has 0 fully saturated rings. The Balaban J connectivity index is 2.03. The molecule has 0 aliphatic rings. The number of nitrogens with one attached hydrogen (secondary N) is 1. The van der Waals surface area contributed by atoms with Crippen LogP contribution in [0.25, 0.3) is 0 Å². The quantitative estimate of drug-likeness (QED) is 0.393. The molecule has 0 heterocycles. The average Bonchev–Trinajstić information content (AvgIpc) is 2.51. The number of phenols is 1. The van der Waals surface area contributed by atoms with Gasteiger partial charge in [0.15, 0.2) is 0 Å². The molecular weight excluding hydrogens is 282 g/mol. The Morgan fingerprint density at radius 2 is 1.68 bits per heavy atom. The van der Waals surface area contributed by atoms with Crippen LogP contribution < -0.4 is 5.32 Å². The van der Waals surface area contributed by atoms with Crippen LogP contribution in [0.3, 0.4) is 0 Å². The molecule has 5 heteroatoms. The third-order valence-corrected chi connectivity index (χ3v) is 3.15. The summed E-state index contributed by atoms with van der Waals surface area (Å²) in [6.07, 6.45) is 5.22. The van der Waals surface area contributed by atoms with Gasteiger partial charge in [0.05, 0.1) is 6.61 Å². The Kier molecular flexibility index (Phi) is 8.72. The van der Waals surface area contributed by atoms with Gasteiger partial charge in [-0.1, -0.05) is 19.8 Å². The number of aromatic hydroxyl groups is 1. The number of rotatable bonds is 10. The summed E-state index contributed by atoms with van der Waals surface area (Å²) in [5, 5.41) is 11.9. The lowest BCUT2D eigenvalue weighted by atomic mass is 10.1. The lowest BCUT2D eigenvalue weighted by Gasteiger charge is -2.05. The van der Waals surface area contributed by atoms with Crippen molar-refractivity contribution < 1.29 is 19.4 Å². The molecule has 0 atom stereocenters. The Hall–Kier alpha value is -2.04. The predicted octanol–water partition coefficient (Wildman–Crippen LogP) is 3.62. The zero-order chi connectivity index (χ0) is 16.2. The van der Waals surface area contributed by atoms with Gasteiger partial charge in [0.2, 0.25) is 5.91 Å². The maximum atomic E-state index is 11.7. The third kappa shape index (κ3) is 8.29. The minimum atomic E-state index is -0.132. The number of hydrogen-bond acceptors (Lipinski definition) is 4. The van der Waals surface area contributed by atoms with E-state index < -0.39 is 0 Å². The van der Waals surface area contributed by atoms with Crippen LogP contribution in [-0.2, 0) is 14.3 Å². The minimum absolute atomic E-state index is 0.0342. The Morgan fingerprint density at radius 1 is 1.05 bits per heavy atom. The fourth-order valence-electron chi connectivity index (χ4n) is 1.96. The largest absolute Gasteiger partial charge is 0.508 e. The van der Waals surface area contributed by atoms with E-state index in [2.05, 4.69) is 5.32 Å². The summed E-state index contributed by atoms with van der Waals surface area (Å²) in [6, 6.07) is 6.39. The first-order chi connectivity index (χ1) is 10.6. The first kappa shape index (κ1) is 18.0. The highest BCUT2D eigenvalue weighted by Crippen LogP contribution is 2.14. The second-order valence-corrected chi connectivity index (χ2v) is 5.23. The molecule has 0 aliphatic heterocycles. The first-order valence-electron chi connectivity index (χ1n) is 7.86. The van der Waals surface area contributed by atoms with Crippen LogP contribution in [-0.4, -0.2) is 23.6 Å². The van der Waals surface area contributed by atoms with Crippen molar-refractivity contribution in [3.8, 4) is 5.75 Å². The smallest absolute Gasteiger partial charge is 0.305 e. The molecule has 22 heavy (non-hydrogen) atoms. The van der Waals surface area contributed by atoms with Crippen molar-refractivity contribution in [2.75, 3.05) is 11.9 Å². The van der Waals surface area contributed by atoms with Gasteiger partial charge in [-0.25, -0.2) is 0 Å². The molecule has 2 N–H and O–H groups in total. The molecule has 0 aliphatic carbocycles. The van der Waals surface area contributed by atoms with Crippen molar-refractivity contribution >= 4 is 17.6 Å². The number of unbranched alkanes of at least 4 members (excludes halogenated alkanes) is 3. The summed E-state index contributed by atoms with van der Waals surface area (Å²) in [7, 11) is 0. The number of amides is 1. The first-order valence-corrected chi connectivity index (χ1v) is 7.86. The number of ether oxygens (including phenoxy) is 1. The summed E-state index contributed by atoms with van der Waals surface area (Å²) in [5.41, 5.74) is 0.682. The van der Waals surface area contributed by atoms with Crippen LogP contribution in [0.15, 0.2) is 24.3 Å². The van der Waals surface area contributed by atoms with Crippen LogP contribution in [0, 0.1) is 0 Å². The van der Waals surface area contributed by atoms with Gasteiger partial charge in [-0.15, -0.1) is 0 Å². The minimum Gasteiger partial charge on any atom is -0.508 e. The molecule has 122 valence electrons. The molecule has 0 unspecified atom stereocenters. The van der Waals surface area contributed by atoms with E-state index in [0.717, 1.165) is 32.1 Å². The summed E-state index contributed by atoms with van der Waals surface area (Å²) in [5.74, 6) is 0.00966. The number of carbonyl (C=O) groups is 2. The molecule has 0 saturated heterocycles. The standard InChI is InChI=1S/C17H25NO4/c1-2-13-22-17(21)8-6-4-3-5-7-16(20)18-14-9-11-15(19)12-10-14/h9-12,19H,2-8,13H2,1H3,(H,18,20). The number of carbonyl (C=O) groups excluding carboxylic acids is 2. The fourth-order valence-corrected chi connectivity index (χ4v) is 1.96. The second kappa shape index (κ2) is 10.7. The van der Waals surface area contributed by atoms with Crippen molar-refractivity contribution in [1.82, 2.24) is 0 Å². The van der Waals surface area contributed by atoms with Crippen molar-refractivity contribution in [3.63, 3.8) is 0 Å². The van der Waals surface area contributed by atoms with Gasteiger partial charge in [0.25, 0.3) is 0 Å². The summed E-state index contributed by atoms with van der Waals surface area (Å²) < 4.78 is 4.99. The van der Waals surface area contributed by atoms with E-state index in [1.165, 1.54) is 12.1 Å². The molecule has 1 aromatic carbocycles. The van der Waals surface area contributed by atoms with Gasteiger partial charge in [-0.2, -0.15) is 0 Å². The van der Waals surface area contributed by atoms with Gasteiger partial charge in [-0.3, -0.25) is 9.59 Å². The highest BCUT2D eigenvalue weighted by Gasteiger charge is 2.04. The summed E-state index contributed by atoms with van der Waals surface area (Å²) >= 11 is 0. The van der Waals surface area contributed by atoms with Crippen molar-refractivity contribution in [3.05, 3.63) is 24.3 Å². The molecular formula is C17H25NO4. The van der Waals surface area contributed by atoms with Crippen LogP contribution in [0.2, 0.25) is 0 Å². The van der Waals surface area contributed by atoms with Crippen molar-refractivity contribution in [2.45, 2.75) is 51.9 Å². The average molecular weight is 307 g/mol. The van der Waals surface area contributed by atoms with Crippen LogP contribution >= 0.6 is 0 Å². The highest BCUT2D eigenvalue weighted by atomic mass is 16.5. The molecule has 0 bridgehead atoms. The molecule has 1 aromatic rings.